The zero-order chi connectivity index (χ0) is 26.9. The first kappa shape index (κ1) is 25.8. The molecule has 1 aromatic heterocycles. The highest BCUT2D eigenvalue weighted by atomic mass is 32.1. The van der Waals surface area contributed by atoms with E-state index >= 15 is 0 Å². The molecule has 0 radical (unpaired) electrons. The van der Waals surface area contributed by atoms with E-state index in [2.05, 4.69) is 6.07 Å². The van der Waals surface area contributed by atoms with E-state index in [0.29, 0.717) is 14.8 Å². The maximum absolute atomic E-state index is 13.5. The first-order chi connectivity index (χ1) is 17.7. The number of carbonyl (C=O) groups excluding carboxylic acids is 1. The van der Waals surface area contributed by atoms with Gasteiger partial charge < -0.3 is 20.3 Å². The summed E-state index contributed by atoms with van der Waals surface area (Å²) in [6.45, 7) is 1.87. The molecular weight excluding hydrogens is 486 g/mol. The molecule has 2 heterocycles. The first-order valence-electron chi connectivity index (χ1n) is 11.8. The van der Waals surface area contributed by atoms with E-state index in [-0.39, 0.29) is 29.1 Å². The number of aromatic nitrogens is 1. The summed E-state index contributed by atoms with van der Waals surface area (Å²) in [6, 6.07) is 17.5. The van der Waals surface area contributed by atoms with E-state index in [9.17, 15) is 14.9 Å². The van der Waals surface area contributed by atoms with E-state index in [1.54, 1.807) is 13.0 Å². The van der Waals surface area contributed by atoms with Crippen LogP contribution in [0.15, 0.2) is 58.9 Å². The van der Waals surface area contributed by atoms with Gasteiger partial charge in [-0.3, -0.25) is 9.36 Å². The fourth-order valence-corrected chi connectivity index (χ4v) is 5.44. The minimum Gasteiger partial charge on any atom is -0.463 e. The topological polar surface area (TPSA) is 105 Å². The number of esters is 1. The number of hydrogen-bond acceptors (Lipinski definition) is 8. The van der Waals surface area contributed by atoms with Crippen LogP contribution in [-0.4, -0.2) is 45.3 Å². The molecule has 1 aliphatic heterocycles. The number of anilines is 2. The van der Waals surface area contributed by atoms with Crippen molar-refractivity contribution in [2.75, 3.05) is 44.6 Å². The SMILES string of the molecule is CCOC(=O)C1=c2s/c(=C\c3ccc(N(C)C)cc3)c(=O)n2C(N)=C(C#N)[C@@H]1c1ccc(N(C)C)cc1. The Morgan fingerprint density at radius 3 is 2.16 bits per heavy atom. The van der Waals surface area contributed by atoms with Gasteiger partial charge in [-0.1, -0.05) is 24.3 Å². The molecule has 9 heteroatoms. The Kier molecular flexibility index (Phi) is 7.23. The van der Waals surface area contributed by atoms with Crippen LogP contribution in [0.1, 0.15) is 24.0 Å². The fraction of sp³-hybridized carbons (Fsp3) is 0.250. The number of ether oxygens (including phenoxy) is 1. The van der Waals surface area contributed by atoms with Gasteiger partial charge in [-0.25, -0.2) is 4.79 Å². The molecule has 0 spiro atoms. The quantitative estimate of drug-likeness (QED) is 0.501. The molecule has 0 saturated heterocycles. The van der Waals surface area contributed by atoms with Crippen LogP contribution in [0.5, 0.6) is 0 Å². The Hall–Kier alpha value is -4.29. The van der Waals surface area contributed by atoms with Crippen LogP contribution in [0.25, 0.3) is 17.5 Å². The number of hydrogen-bond donors (Lipinski definition) is 1. The number of fused-ring (bicyclic) bond motifs is 1. The van der Waals surface area contributed by atoms with E-state index < -0.39 is 11.9 Å². The molecule has 1 aliphatic rings. The van der Waals surface area contributed by atoms with Crippen LogP contribution in [0.2, 0.25) is 0 Å². The zero-order valence-electron chi connectivity index (χ0n) is 21.5. The predicted octanol–water partition coefficient (Wildman–Crippen LogP) is 2.03. The van der Waals surface area contributed by atoms with E-state index in [1.807, 2.05) is 86.5 Å². The normalized spacial score (nSPS) is 15.3. The highest BCUT2D eigenvalue weighted by molar-refractivity contribution is 7.07. The number of carbonyl (C=O) groups is 1. The molecule has 8 nitrogen and oxygen atoms in total. The summed E-state index contributed by atoms with van der Waals surface area (Å²) in [5.41, 5.74) is 9.97. The Morgan fingerprint density at radius 1 is 1.08 bits per heavy atom. The van der Waals surface area contributed by atoms with Gasteiger partial charge in [0.1, 0.15) is 10.5 Å². The minimum atomic E-state index is -0.759. The van der Waals surface area contributed by atoms with Crippen molar-refractivity contribution >= 4 is 46.2 Å². The molecule has 37 heavy (non-hydrogen) atoms. The van der Waals surface area contributed by atoms with Crippen molar-refractivity contribution in [1.82, 2.24) is 4.57 Å². The van der Waals surface area contributed by atoms with Crippen molar-refractivity contribution < 1.29 is 9.53 Å². The Morgan fingerprint density at radius 2 is 1.65 bits per heavy atom. The van der Waals surface area contributed by atoms with Crippen LogP contribution in [0.3, 0.4) is 0 Å². The third-order valence-electron chi connectivity index (χ3n) is 6.21. The van der Waals surface area contributed by atoms with Crippen molar-refractivity contribution in [2.24, 2.45) is 5.73 Å². The fourth-order valence-electron chi connectivity index (χ4n) is 4.27. The molecule has 1 atom stereocenters. The lowest BCUT2D eigenvalue weighted by atomic mass is 9.84. The summed E-state index contributed by atoms with van der Waals surface area (Å²) in [7, 11) is 7.77. The van der Waals surface area contributed by atoms with Crippen LogP contribution < -0.4 is 30.3 Å². The third kappa shape index (κ3) is 4.76. The number of thiazole rings is 1. The molecule has 0 bridgehead atoms. The summed E-state index contributed by atoms with van der Waals surface area (Å²) >= 11 is 1.17. The van der Waals surface area contributed by atoms with E-state index in [4.69, 9.17) is 10.5 Å². The number of allylic oxidation sites excluding steroid dienone is 1. The number of rotatable bonds is 6. The van der Waals surface area contributed by atoms with Gasteiger partial charge in [0.05, 0.1) is 34.3 Å². The predicted molar refractivity (Wildman–Crippen MR) is 149 cm³/mol. The Bertz CT molecular complexity index is 1590. The van der Waals surface area contributed by atoms with Gasteiger partial charge in [0.25, 0.3) is 5.56 Å². The summed E-state index contributed by atoms with van der Waals surface area (Å²) in [4.78, 5) is 30.7. The third-order valence-corrected chi connectivity index (χ3v) is 7.32. The molecule has 3 aromatic rings. The second-order valence-corrected chi connectivity index (χ2v) is 10.0. The van der Waals surface area contributed by atoms with Crippen LogP contribution in [0.4, 0.5) is 11.4 Å². The molecule has 2 N–H and O–H groups in total. The summed E-state index contributed by atoms with van der Waals surface area (Å²) < 4.78 is 7.44. The average molecular weight is 516 g/mol. The van der Waals surface area contributed by atoms with Gasteiger partial charge >= 0.3 is 5.97 Å². The first-order valence-corrected chi connectivity index (χ1v) is 12.6. The highest BCUT2D eigenvalue weighted by Crippen LogP contribution is 2.37. The molecule has 2 aromatic carbocycles. The second kappa shape index (κ2) is 10.4. The summed E-state index contributed by atoms with van der Waals surface area (Å²) in [5.74, 6) is -1.32. The van der Waals surface area contributed by atoms with Crippen LogP contribution in [0, 0.1) is 11.3 Å². The van der Waals surface area contributed by atoms with Crippen molar-refractivity contribution in [1.29, 1.82) is 5.26 Å². The number of benzene rings is 2. The molecule has 0 fully saturated rings. The van der Waals surface area contributed by atoms with Gasteiger partial charge in [-0.05, 0) is 48.4 Å². The lowest BCUT2D eigenvalue weighted by molar-refractivity contribution is -0.136. The van der Waals surface area contributed by atoms with Gasteiger partial charge in [-0.2, -0.15) is 5.26 Å². The summed E-state index contributed by atoms with van der Waals surface area (Å²) in [6.07, 6.45) is 1.76. The summed E-state index contributed by atoms with van der Waals surface area (Å²) in [5, 5.41) is 10.1. The van der Waals surface area contributed by atoms with E-state index in [0.717, 1.165) is 16.9 Å². The monoisotopic (exact) mass is 515 g/mol. The lowest BCUT2D eigenvalue weighted by Crippen LogP contribution is -2.40. The molecule has 0 amide bonds. The maximum Gasteiger partial charge on any atom is 0.338 e. The Balaban J connectivity index is 2.00. The van der Waals surface area contributed by atoms with Gasteiger partial charge in [0.15, 0.2) is 0 Å². The second-order valence-electron chi connectivity index (χ2n) is 9.01. The van der Waals surface area contributed by atoms with Crippen molar-refractivity contribution in [3.8, 4) is 6.07 Å². The maximum atomic E-state index is 13.5. The average Bonchev–Trinajstić information content (AvgIpc) is 3.20. The molecular formula is C28H29N5O3S. The Labute approximate surface area is 219 Å². The van der Waals surface area contributed by atoms with Crippen LogP contribution in [-0.2, 0) is 9.53 Å². The van der Waals surface area contributed by atoms with E-state index in [1.165, 1.54) is 15.9 Å². The molecule has 190 valence electrons. The largest absolute Gasteiger partial charge is 0.463 e. The lowest BCUT2D eigenvalue weighted by Gasteiger charge is -2.25. The van der Waals surface area contributed by atoms with Gasteiger partial charge in [-0.15, -0.1) is 11.3 Å². The standard InChI is InChI=1S/C28H29N5O3S/c1-6-36-28(35)24-23(18-9-13-20(14-10-18)32(4)5)21(16-29)25(30)33-26(34)22(37-27(24)33)15-17-7-11-19(12-8-17)31(2)3/h7-15,23H,6,30H2,1-5H3/b22-15-/t23-/m0/s1. The number of nitriles is 1. The number of nitrogens with zero attached hydrogens (tertiary/aromatic N) is 4. The van der Waals surface area contributed by atoms with Crippen molar-refractivity contribution in [3.05, 3.63) is 84.8 Å². The van der Waals surface area contributed by atoms with Crippen molar-refractivity contribution in [3.63, 3.8) is 0 Å². The molecule has 0 aliphatic carbocycles. The smallest absolute Gasteiger partial charge is 0.338 e. The highest BCUT2D eigenvalue weighted by Gasteiger charge is 2.36. The molecule has 4 rings (SSSR count). The number of nitrogens with two attached hydrogens (primary N) is 1. The van der Waals surface area contributed by atoms with Gasteiger partial charge in [0.2, 0.25) is 0 Å². The zero-order valence-corrected chi connectivity index (χ0v) is 22.3. The molecule has 0 saturated carbocycles. The van der Waals surface area contributed by atoms with Crippen LogP contribution >= 0.6 is 11.3 Å². The molecule has 0 unspecified atom stereocenters. The van der Waals surface area contributed by atoms with Crippen molar-refractivity contribution in [2.45, 2.75) is 12.8 Å². The van der Waals surface area contributed by atoms with Gasteiger partial charge in [0, 0.05) is 39.6 Å². The minimum absolute atomic E-state index is 0.0242.